The third-order valence-electron chi connectivity index (χ3n) is 6.19. The molecule has 256 valence electrons. The van der Waals surface area contributed by atoms with Crippen LogP contribution in [0.2, 0.25) is 0 Å². The molecule has 1 aromatic carbocycles. The zero-order valence-corrected chi connectivity index (χ0v) is 30.7. The lowest BCUT2D eigenvalue weighted by atomic mass is 10.0. The van der Waals surface area contributed by atoms with Crippen molar-refractivity contribution in [2.75, 3.05) is 23.7 Å². The molecular weight excluding hydrogens is 633 g/mol. The first kappa shape index (κ1) is 39.3. The van der Waals surface area contributed by atoms with Crippen molar-refractivity contribution in [3.63, 3.8) is 0 Å². The highest BCUT2D eigenvalue weighted by molar-refractivity contribution is 7.22. The molecule has 3 aromatic heterocycles. The van der Waals surface area contributed by atoms with Gasteiger partial charge in [-0.05, 0) is 70.0 Å². The van der Waals surface area contributed by atoms with Crippen LogP contribution in [0.4, 0.5) is 15.5 Å². The Balaban J connectivity index is 0.000000332. The number of aromatic nitrogens is 2. The highest BCUT2D eigenvalue weighted by atomic mass is 32.1. The fourth-order valence-corrected chi connectivity index (χ4v) is 6.65. The quantitative estimate of drug-likeness (QED) is 0.167. The highest BCUT2D eigenvalue weighted by Gasteiger charge is 2.31. The predicted octanol–water partition coefficient (Wildman–Crippen LogP) is 8.35. The minimum Gasteiger partial charge on any atom is -0.444 e. The first-order valence-electron chi connectivity index (χ1n) is 16.0. The van der Waals surface area contributed by atoms with E-state index in [2.05, 4.69) is 41.7 Å². The number of benzene rings is 1. The van der Waals surface area contributed by atoms with Crippen LogP contribution in [0.25, 0.3) is 20.8 Å². The Morgan fingerprint density at radius 3 is 2.38 bits per heavy atom. The number of anilines is 2. The van der Waals surface area contributed by atoms with Crippen molar-refractivity contribution in [3.05, 3.63) is 59.2 Å². The lowest BCUT2D eigenvalue weighted by Crippen LogP contribution is -2.39. The average Bonchev–Trinajstić information content (AvgIpc) is 3.61. The molecule has 4 aromatic rings. The summed E-state index contributed by atoms with van der Waals surface area (Å²) in [5, 5.41) is 10.4. The molecule has 10 nitrogen and oxygen atoms in total. The first-order chi connectivity index (χ1) is 22.4. The summed E-state index contributed by atoms with van der Waals surface area (Å²) in [4.78, 5) is 45.5. The van der Waals surface area contributed by atoms with Crippen molar-refractivity contribution in [2.24, 2.45) is 0 Å². The van der Waals surface area contributed by atoms with E-state index in [1.165, 1.54) is 24.7 Å². The van der Waals surface area contributed by atoms with E-state index in [0.717, 1.165) is 48.5 Å². The Bertz CT molecular complexity index is 1510. The van der Waals surface area contributed by atoms with E-state index >= 15 is 0 Å². The van der Waals surface area contributed by atoms with Gasteiger partial charge in [0.2, 0.25) is 12.3 Å². The molecule has 5 rings (SSSR count). The van der Waals surface area contributed by atoms with Gasteiger partial charge in [-0.1, -0.05) is 46.8 Å². The number of nitrogens with zero attached hydrogens (tertiary/aromatic N) is 3. The summed E-state index contributed by atoms with van der Waals surface area (Å²) in [5.74, 6) is -0.0759. The second kappa shape index (κ2) is 19.7. The van der Waals surface area contributed by atoms with Crippen LogP contribution in [0.3, 0.4) is 0 Å². The Morgan fingerprint density at radius 2 is 1.83 bits per heavy atom. The number of carbonyl (C=O) groups excluding carboxylic acids is 3. The number of amides is 3. The van der Waals surface area contributed by atoms with Crippen LogP contribution in [0.15, 0.2) is 48.8 Å². The predicted molar refractivity (Wildman–Crippen MR) is 196 cm³/mol. The smallest absolute Gasteiger partial charge is 0.410 e. The number of hydrogen-bond acceptors (Lipinski definition) is 9. The zero-order valence-electron chi connectivity index (χ0n) is 29.1. The van der Waals surface area contributed by atoms with Crippen LogP contribution in [0.1, 0.15) is 79.2 Å². The number of carbonyl (C=O) groups is 3. The van der Waals surface area contributed by atoms with Gasteiger partial charge in [-0.3, -0.25) is 14.6 Å². The molecule has 12 heteroatoms. The summed E-state index contributed by atoms with van der Waals surface area (Å²) >= 11 is 3.12. The van der Waals surface area contributed by atoms with Gasteiger partial charge in [-0.2, -0.15) is 0 Å². The minimum absolute atomic E-state index is 0.0759. The maximum Gasteiger partial charge on any atom is 0.410 e. The molecule has 0 spiro atoms. The molecule has 0 fully saturated rings. The fraction of sp³-hybridized carbons (Fsp3) is 0.457. The zero-order chi connectivity index (χ0) is 35.0. The van der Waals surface area contributed by atoms with Crippen LogP contribution in [0, 0.1) is 0 Å². The number of hydrogen-bond donors (Lipinski definition) is 3. The molecule has 4 heterocycles. The van der Waals surface area contributed by atoms with E-state index in [4.69, 9.17) is 9.72 Å². The molecule has 0 radical (unpaired) electrons. The van der Waals surface area contributed by atoms with Gasteiger partial charge >= 0.3 is 6.09 Å². The van der Waals surface area contributed by atoms with Gasteiger partial charge in [0.25, 0.3) is 0 Å². The molecule has 1 aliphatic rings. The van der Waals surface area contributed by atoms with Crippen LogP contribution in [0.5, 0.6) is 0 Å². The van der Waals surface area contributed by atoms with Crippen molar-refractivity contribution in [1.82, 2.24) is 20.2 Å². The van der Waals surface area contributed by atoms with Crippen molar-refractivity contribution >= 4 is 62.0 Å². The lowest BCUT2D eigenvalue weighted by Gasteiger charge is -2.30. The lowest BCUT2D eigenvalue weighted by molar-refractivity contribution is -0.114. The van der Waals surface area contributed by atoms with Crippen molar-refractivity contribution < 1.29 is 19.1 Å². The SMILES string of the molecule is CC.CC(=O)Nc1cccnc1.CC(C)(C)OC(=O)N1CCc2c(sc(NC=O)c2-c2nc3ccccc3s2)C1.CCCNC(C)C. The Morgan fingerprint density at radius 1 is 1.11 bits per heavy atom. The standard InChI is InChI=1S/C20H21N3O3S2.C7H8N2O.C6H15N.C2H6/c1-20(2,3)26-19(25)23-9-8-12-15(10-23)28-17(21-11-24)16(12)18-22-13-6-4-5-7-14(13)27-18;1-6(10)9-7-3-2-4-8-5-7;1-4-5-7-6(2)3;1-2/h4-7,11H,8-10H2,1-3H3,(H,21,24);2-5H,1H3,(H,9,10);6-7H,4-5H2,1-3H3;1-2H3. The van der Waals surface area contributed by atoms with Gasteiger partial charge in [0, 0.05) is 36.1 Å². The van der Waals surface area contributed by atoms with Gasteiger partial charge in [-0.25, -0.2) is 9.78 Å². The van der Waals surface area contributed by atoms with E-state index < -0.39 is 5.60 Å². The third kappa shape index (κ3) is 13.0. The molecule has 0 aliphatic carbocycles. The van der Waals surface area contributed by atoms with Crippen LogP contribution < -0.4 is 16.0 Å². The van der Waals surface area contributed by atoms with E-state index in [1.807, 2.05) is 58.9 Å². The molecular formula is C35H50N6O4S2. The monoisotopic (exact) mass is 682 g/mol. The molecule has 0 atom stereocenters. The van der Waals surface area contributed by atoms with E-state index in [-0.39, 0.29) is 12.0 Å². The number of thiophene rings is 1. The summed E-state index contributed by atoms with van der Waals surface area (Å²) in [5.41, 5.74) is 3.30. The van der Waals surface area contributed by atoms with Crippen LogP contribution >= 0.6 is 22.7 Å². The number of para-hydroxylation sites is 1. The van der Waals surface area contributed by atoms with Gasteiger partial charge in [0.05, 0.1) is 28.6 Å². The maximum atomic E-state index is 12.5. The number of rotatable bonds is 7. The van der Waals surface area contributed by atoms with E-state index in [9.17, 15) is 14.4 Å². The third-order valence-corrected chi connectivity index (χ3v) is 8.39. The average molecular weight is 683 g/mol. The van der Waals surface area contributed by atoms with Gasteiger partial charge < -0.3 is 25.6 Å². The Labute approximate surface area is 287 Å². The normalized spacial score (nSPS) is 11.9. The molecule has 0 bridgehead atoms. The number of nitrogens with one attached hydrogen (secondary N) is 3. The number of pyridine rings is 1. The van der Waals surface area contributed by atoms with Crippen molar-refractivity contribution in [1.29, 1.82) is 0 Å². The molecule has 3 N–H and O–H groups in total. The van der Waals surface area contributed by atoms with E-state index in [1.54, 1.807) is 40.8 Å². The summed E-state index contributed by atoms with van der Waals surface area (Å²) in [6, 6.07) is 12.2. The maximum absolute atomic E-state index is 12.5. The summed E-state index contributed by atoms with van der Waals surface area (Å²) in [7, 11) is 0. The van der Waals surface area contributed by atoms with E-state index in [0.29, 0.717) is 32.0 Å². The largest absolute Gasteiger partial charge is 0.444 e. The molecule has 1 aliphatic heterocycles. The van der Waals surface area contributed by atoms with Crippen LogP contribution in [-0.4, -0.2) is 58.0 Å². The highest BCUT2D eigenvalue weighted by Crippen LogP contribution is 2.45. The summed E-state index contributed by atoms with van der Waals surface area (Å²) in [6.07, 6.45) is 5.58. The number of ether oxygens (including phenoxy) is 1. The topological polar surface area (TPSA) is 126 Å². The minimum atomic E-state index is -0.525. The number of thiazole rings is 1. The second-order valence-corrected chi connectivity index (χ2v) is 13.8. The Kier molecular flexibility index (Phi) is 16.5. The molecule has 0 saturated carbocycles. The fourth-order valence-electron chi connectivity index (χ4n) is 4.32. The Hall–Kier alpha value is -3.87. The first-order valence-corrected chi connectivity index (χ1v) is 17.6. The molecule has 0 saturated heterocycles. The summed E-state index contributed by atoms with van der Waals surface area (Å²) < 4.78 is 6.62. The van der Waals surface area contributed by atoms with Crippen molar-refractivity contribution in [2.45, 2.75) is 93.3 Å². The van der Waals surface area contributed by atoms with Gasteiger partial charge in [0.1, 0.15) is 15.6 Å². The summed E-state index contributed by atoms with van der Waals surface area (Å²) in [6.45, 7) is 19.8. The molecule has 47 heavy (non-hydrogen) atoms. The van der Waals surface area contributed by atoms with Gasteiger partial charge in [-0.15, -0.1) is 22.7 Å². The van der Waals surface area contributed by atoms with Crippen LogP contribution in [-0.2, 0) is 27.3 Å². The van der Waals surface area contributed by atoms with Crippen molar-refractivity contribution in [3.8, 4) is 10.6 Å². The molecule has 0 unspecified atom stereocenters. The second-order valence-electron chi connectivity index (χ2n) is 11.6. The van der Waals surface area contributed by atoms with Gasteiger partial charge in [0.15, 0.2) is 0 Å². The molecule has 3 amide bonds. The number of fused-ring (bicyclic) bond motifs is 2.